The molecule has 1 atom stereocenters. The molecule has 3 N–H and O–H groups in total. The molecule has 1 saturated heterocycles. The maximum absolute atomic E-state index is 11.8. The van der Waals surface area contributed by atoms with Crippen LogP contribution in [0, 0.1) is 5.92 Å². The highest BCUT2D eigenvalue weighted by molar-refractivity contribution is 5.95. The SMILES string of the molecule is CC1Cc2cc(CCCN3CCN(c4n[nH]c5ccccc45)CC3)ccc2NC1=O.O=C1CCc2ccccc2N1. The number of aromatic nitrogens is 2. The summed E-state index contributed by atoms with van der Waals surface area (Å²) < 4.78 is 0. The van der Waals surface area contributed by atoms with Gasteiger partial charge < -0.3 is 15.5 Å². The van der Waals surface area contributed by atoms with Gasteiger partial charge in [0.15, 0.2) is 5.82 Å². The smallest absolute Gasteiger partial charge is 0.227 e. The van der Waals surface area contributed by atoms with Crippen molar-refractivity contribution in [2.45, 2.75) is 39.0 Å². The predicted octanol–water partition coefficient (Wildman–Crippen LogP) is 5.02. The zero-order valence-electron chi connectivity index (χ0n) is 23.7. The molecule has 0 bridgehead atoms. The van der Waals surface area contributed by atoms with E-state index in [0.717, 1.165) is 81.1 Å². The lowest BCUT2D eigenvalue weighted by Gasteiger charge is -2.35. The van der Waals surface area contributed by atoms with Gasteiger partial charge in [-0.3, -0.25) is 19.6 Å². The molecule has 4 aromatic rings. The van der Waals surface area contributed by atoms with E-state index in [0.29, 0.717) is 6.42 Å². The number of H-pyrrole nitrogens is 1. The van der Waals surface area contributed by atoms with Crippen LogP contribution < -0.4 is 15.5 Å². The van der Waals surface area contributed by atoms with Crippen molar-refractivity contribution >= 4 is 39.9 Å². The minimum atomic E-state index is 0.0654. The third kappa shape index (κ3) is 6.28. The van der Waals surface area contributed by atoms with E-state index < -0.39 is 0 Å². The number of carbonyl (C=O) groups excluding carboxylic acids is 2. The van der Waals surface area contributed by atoms with Crippen molar-refractivity contribution in [3.05, 3.63) is 83.4 Å². The number of hydrogen-bond donors (Lipinski definition) is 3. The molecule has 8 heteroatoms. The molecule has 212 valence electrons. The maximum Gasteiger partial charge on any atom is 0.227 e. The highest BCUT2D eigenvalue weighted by atomic mass is 16.2. The number of aryl methyl sites for hydroxylation is 2. The van der Waals surface area contributed by atoms with Crippen LogP contribution in [0.1, 0.15) is 36.5 Å². The standard InChI is InChI=1S/C24H29N5O.C9H9NO/c1-17-15-19-16-18(8-9-21(19)25-24(17)30)5-4-10-28-11-13-29(14-12-28)23-20-6-2-3-7-22(20)26-27-23;11-9-6-5-7-3-1-2-4-8(7)10-9/h2-3,6-9,16-17H,4-5,10-15H2,1H3,(H,25,30)(H,26,27);1-4H,5-6H2,(H,10,11). The number of amides is 2. The first-order valence-electron chi connectivity index (χ1n) is 14.7. The molecule has 0 aliphatic carbocycles. The molecule has 0 radical (unpaired) electrons. The number of anilines is 3. The van der Waals surface area contributed by atoms with Crippen molar-refractivity contribution < 1.29 is 9.59 Å². The highest BCUT2D eigenvalue weighted by Crippen LogP contribution is 2.27. The van der Waals surface area contributed by atoms with Gasteiger partial charge in [-0.1, -0.05) is 49.4 Å². The Kier molecular flexibility index (Phi) is 8.00. The van der Waals surface area contributed by atoms with Crippen LogP contribution in [-0.4, -0.2) is 59.6 Å². The van der Waals surface area contributed by atoms with Crippen LogP contribution in [0.15, 0.2) is 66.7 Å². The Morgan fingerprint density at radius 1 is 0.854 bits per heavy atom. The van der Waals surface area contributed by atoms with Crippen LogP contribution in [0.25, 0.3) is 10.9 Å². The Balaban J connectivity index is 0.000000229. The van der Waals surface area contributed by atoms with Gasteiger partial charge in [0.1, 0.15) is 0 Å². The second-order valence-corrected chi connectivity index (χ2v) is 11.3. The molecule has 7 rings (SSSR count). The fraction of sp³-hybridized carbons (Fsp3) is 0.364. The number of nitrogens with one attached hydrogen (secondary N) is 3. The summed E-state index contributed by atoms with van der Waals surface area (Å²) in [6, 6.07) is 22.8. The minimum Gasteiger partial charge on any atom is -0.352 e. The van der Waals surface area contributed by atoms with Crippen LogP contribution in [-0.2, 0) is 28.9 Å². The first-order chi connectivity index (χ1) is 20.0. The number of aromatic amines is 1. The third-order valence-electron chi connectivity index (χ3n) is 8.38. The second-order valence-electron chi connectivity index (χ2n) is 11.3. The van der Waals surface area contributed by atoms with Crippen molar-refractivity contribution in [2.24, 2.45) is 5.92 Å². The maximum atomic E-state index is 11.8. The van der Waals surface area contributed by atoms with Crippen LogP contribution >= 0.6 is 0 Å². The van der Waals surface area contributed by atoms with E-state index in [-0.39, 0.29) is 17.7 Å². The van der Waals surface area contributed by atoms with Gasteiger partial charge in [-0.15, -0.1) is 0 Å². The quantitative estimate of drug-likeness (QED) is 0.325. The monoisotopic (exact) mass is 550 g/mol. The summed E-state index contributed by atoms with van der Waals surface area (Å²) in [5, 5.41) is 14.7. The van der Waals surface area contributed by atoms with Gasteiger partial charge in [0.05, 0.1) is 5.52 Å². The number of fused-ring (bicyclic) bond motifs is 3. The molecular formula is C33H38N6O2. The van der Waals surface area contributed by atoms with Crippen LogP contribution in [0.5, 0.6) is 0 Å². The number of para-hydroxylation sites is 2. The molecule has 0 saturated carbocycles. The first-order valence-corrected chi connectivity index (χ1v) is 14.7. The van der Waals surface area contributed by atoms with E-state index in [4.69, 9.17) is 0 Å². The number of rotatable bonds is 5. The molecule has 3 aliphatic rings. The van der Waals surface area contributed by atoms with E-state index in [1.807, 2.05) is 31.2 Å². The lowest BCUT2D eigenvalue weighted by Crippen LogP contribution is -2.46. The summed E-state index contributed by atoms with van der Waals surface area (Å²) in [5.74, 6) is 1.41. The molecule has 1 fully saturated rings. The number of hydrogen-bond acceptors (Lipinski definition) is 5. The van der Waals surface area contributed by atoms with Crippen molar-refractivity contribution in [1.29, 1.82) is 0 Å². The Bertz CT molecular complexity index is 1540. The van der Waals surface area contributed by atoms with Crippen molar-refractivity contribution in [3.63, 3.8) is 0 Å². The first kappa shape index (κ1) is 27.0. The number of carbonyl (C=O) groups is 2. The largest absolute Gasteiger partial charge is 0.352 e. The fourth-order valence-corrected chi connectivity index (χ4v) is 5.97. The molecule has 41 heavy (non-hydrogen) atoms. The molecular weight excluding hydrogens is 512 g/mol. The Labute approximate surface area is 241 Å². The van der Waals surface area contributed by atoms with E-state index in [2.05, 4.69) is 73.1 Å². The summed E-state index contributed by atoms with van der Waals surface area (Å²) in [4.78, 5) is 27.7. The van der Waals surface area contributed by atoms with Crippen LogP contribution in [0.2, 0.25) is 0 Å². The van der Waals surface area contributed by atoms with E-state index in [9.17, 15) is 9.59 Å². The van der Waals surface area contributed by atoms with Crippen LogP contribution in [0.4, 0.5) is 17.2 Å². The molecule has 4 heterocycles. The van der Waals surface area contributed by atoms with Crippen molar-refractivity contribution in [1.82, 2.24) is 15.1 Å². The van der Waals surface area contributed by atoms with Gasteiger partial charge >= 0.3 is 0 Å². The van der Waals surface area contributed by atoms with Gasteiger partial charge in [-0.25, -0.2) is 0 Å². The van der Waals surface area contributed by atoms with Gasteiger partial charge in [0.25, 0.3) is 0 Å². The minimum absolute atomic E-state index is 0.0654. The highest BCUT2D eigenvalue weighted by Gasteiger charge is 2.23. The lowest BCUT2D eigenvalue weighted by atomic mass is 9.92. The number of piperazine rings is 1. The van der Waals surface area contributed by atoms with E-state index in [1.54, 1.807) is 0 Å². The van der Waals surface area contributed by atoms with Crippen LogP contribution in [0.3, 0.4) is 0 Å². The Morgan fingerprint density at radius 3 is 2.51 bits per heavy atom. The van der Waals surface area contributed by atoms with Gasteiger partial charge in [0.2, 0.25) is 11.8 Å². The molecule has 1 unspecified atom stereocenters. The topological polar surface area (TPSA) is 93.4 Å². The Morgan fingerprint density at radius 2 is 1.63 bits per heavy atom. The van der Waals surface area contributed by atoms with E-state index in [1.165, 1.54) is 22.1 Å². The average molecular weight is 551 g/mol. The number of benzene rings is 3. The zero-order chi connectivity index (χ0) is 28.2. The van der Waals surface area contributed by atoms with Gasteiger partial charge in [0, 0.05) is 55.3 Å². The summed E-state index contributed by atoms with van der Waals surface area (Å²) >= 11 is 0. The van der Waals surface area contributed by atoms with Crippen molar-refractivity contribution in [3.8, 4) is 0 Å². The zero-order valence-corrected chi connectivity index (χ0v) is 23.7. The van der Waals surface area contributed by atoms with Crippen molar-refractivity contribution in [2.75, 3.05) is 48.3 Å². The summed E-state index contributed by atoms with van der Waals surface area (Å²) in [6.45, 7) is 7.32. The second kappa shape index (κ2) is 12.1. The third-order valence-corrected chi connectivity index (χ3v) is 8.38. The molecule has 3 aromatic carbocycles. The Hall–Kier alpha value is -4.17. The molecule has 2 amide bonds. The van der Waals surface area contributed by atoms with Gasteiger partial charge in [-0.2, -0.15) is 5.10 Å². The van der Waals surface area contributed by atoms with Gasteiger partial charge in [-0.05, 0) is 73.2 Å². The van der Waals surface area contributed by atoms with E-state index >= 15 is 0 Å². The molecule has 8 nitrogen and oxygen atoms in total. The summed E-state index contributed by atoms with van der Waals surface area (Å²) in [6.07, 6.45) is 4.59. The lowest BCUT2D eigenvalue weighted by molar-refractivity contribution is -0.119. The average Bonchev–Trinajstić information content (AvgIpc) is 3.43. The predicted molar refractivity (Wildman–Crippen MR) is 164 cm³/mol. The molecule has 1 aromatic heterocycles. The summed E-state index contributed by atoms with van der Waals surface area (Å²) in [5.41, 5.74) is 6.96. The normalized spacial score (nSPS) is 18.6. The number of nitrogens with zero attached hydrogens (tertiary/aromatic N) is 3. The fourth-order valence-electron chi connectivity index (χ4n) is 5.97. The molecule has 3 aliphatic heterocycles. The molecule has 0 spiro atoms. The summed E-state index contributed by atoms with van der Waals surface area (Å²) in [7, 11) is 0.